The van der Waals surface area contributed by atoms with Crippen LogP contribution in [-0.4, -0.2) is 9.78 Å². The van der Waals surface area contributed by atoms with Crippen molar-refractivity contribution in [1.29, 1.82) is 0 Å². The molecule has 2 heteroatoms. The van der Waals surface area contributed by atoms with Crippen LogP contribution in [0.4, 0.5) is 0 Å². The summed E-state index contributed by atoms with van der Waals surface area (Å²) in [6, 6.07) is 6.67. The van der Waals surface area contributed by atoms with E-state index in [2.05, 4.69) is 29.5 Å². The highest BCUT2D eigenvalue weighted by Crippen LogP contribution is 2.31. The molecule has 0 aliphatic heterocycles. The molecule has 0 N–H and O–H groups in total. The molecule has 0 fully saturated rings. The molecular weight excluding hydrogens is 196 g/mol. The lowest BCUT2D eigenvalue weighted by molar-refractivity contribution is 0.687. The summed E-state index contributed by atoms with van der Waals surface area (Å²) >= 11 is 0. The van der Waals surface area contributed by atoms with Gasteiger partial charge in [-0.3, -0.25) is 4.68 Å². The van der Waals surface area contributed by atoms with Gasteiger partial charge in [0.1, 0.15) is 0 Å². The lowest BCUT2D eigenvalue weighted by atomic mass is 9.87. The molecule has 16 heavy (non-hydrogen) atoms. The van der Waals surface area contributed by atoms with E-state index in [1.54, 1.807) is 5.56 Å². The zero-order valence-corrected chi connectivity index (χ0v) is 9.61. The number of nitrogens with zero attached hydrogens (tertiary/aromatic N) is 2. The fourth-order valence-corrected chi connectivity index (χ4v) is 2.61. The van der Waals surface area contributed by atoms with Gasteiger partial charge in [0, 0.05) is 18.8 Å². The standard InChI is InChI=1S/C14H16N2/c1-16-10-12(9-15-16)14-8-4-6-11-5-2-3-7-13(11)14/h4,6,8-10H,2-3,5,7H2,1H3. The Morgan fingerprint density at radius 1 is 1.19 bits per heavy atom. The van der Waals surface area contributed by atoms with E-state index in [4.69, 9.17) is 0 Å². The molecule has 82 valence electrons. The van der Waals surface area contributed by atoms with Gasteiger partial charge in [0.15, 0.2) is 0 Å². The molecule has 0 radical (unpaired) electrons. The van der Waals surface area contributed by atoms with E-state index in [9.17, 15) is 0 Å². The van der Waals surface area contributed by atoms with E-state index in [-0.39, 0.29) is 0 Å². The van der Waals surface area contributed by atoms with Crippen molar-refractivity contribution in [2.24, 2.45) is 7.05 Å². The van der Waals surface area contributed by atoms with Crippen molar-refractivity contribution in [2.75, 3.05) is 0 Å². The van der Waals surface area contributed by atoms with Crippen LogP contribution in [-0.2, 0) is 19.9 Å². The zero-order valence-electron chi connectivity index (χ0n) is 9.61. The fourth-order valence-electron chi connectivity index (χ4n) is 2.61. The Balaban J connectivity index is 2.13. The molecule has 0 saturated heterocycles. The first-order valence-electron chi connectivity index (χ1n) is 5.94. The molecule has 2 aromatic rings. The van der Waals surface area contributed by atoms with Gasteiger partial charge in [-0.05, 0) is 42.4 Å². The fraction of sp³-hybridized carbons (Fsp3) is 0.357. The Hall–Kier alpha value is -1.57. The number of benzene rings is 1. The lowest BCUT2D eigenvalue weighted by Crippen LogP contribution is -2.03. The Morgan fingerprint density at radius 2 is 2.06 bits per heavy atom. The van der Waals surface area contributed by atoms with Crippen molar-refractivity contribution in [3.63, 3.8) is 0 Å². The smallest absolute Gasteiger partial charge is 0.0568 e. The second kappa shape index (κ2) is 3.78. The van der Waals surface area contributed by atoms with Crippen molar-refractivity contribution in [3.05, 3.63) is 41.7 Å². The van der Waals surface area contributed by atoms with Gasteiger partial charge in [-0.1, -0.05) is 18.2 Å². The minimum absolute atomic E-state index is 1.22. The van der Waals surface area contributed by atoms with Crippen molar-refractivity contribution in [2.45, 2.75) is 25.7 Å². The molecule has 1 heterocycles. The Morgan fingerprint density at radius 3 is 2.88 bits per heavy atom. The molecule has 0 amide bonds. The second-order valence-electron chi connectivity index (χ2n) is 4.55. The summed E-state index contributed by atoms with van der Waals surface area (Å²) in [5.41, 5.74) is 5.71. The van der Waals surface area contributed by atoms with Crippen LogP contribution in [0.25, 0.3) is 11.1 Å². The average Bonchev–Trinajstić information content (AvgIpc) is 2.75. The maximum Gasteiger partial charge on any atom is 0.0568 e. The molecule has 2 nitrogen and oxygen atoms in total. The van der Waals surface area contributed by atoms with Crippen LogP contribution in [0.2, 0.25) is 0 Å². The number of aryl methyl sites for hydroxylation is 2. The van der Waals surface area contributed by atoms with E-state index in [0.29, 0.717) is 0 Å². The highest BCUT2D eigenvalue weighted by Gasteiger charge is 2.14. The Bertz CT molecular complexity index is 511. The van der Waals surface area contributed by atoms with Gasteiger partial charge >= 0.3 is 0 Å². The van der Waals surface area contributed by atoms with Gasteiger partial charge in [0.25, 0.3) is 0 Å². The number of rotatable bonds is 1. The summed E-state index contributed by atoms with van der Waals surface area (Å²) in [5, 5.41) is 4.26. The van der Waals surface area contributed by atoms with Crippen LogP contribution in [0.1, 0.15) is 24.0 Å². The number of aromatic nitrogens is 2. The minimum atomic E-state index is 1.22. The van der Waals surface area contributed by atoms with Crippen molar-refractivity contribution >= 4 is 0 Å². The van der Waals surface area contributed by atoms with E-state index in [1.807, 2.05) is 17.9 Å². The van der Waals surface area contributed by atoms with Gasteiger partial charge in [-0.2, -0.15) is 5.10 Å². The van der Waals surface area contributed by atoms with Crippen molar-refractivity contribution < 1.29 is 0 Å². The van der Waals surface area contributed by atoms with Crippen LogP contribution >= 0.6 is 0 Å². The monoisotopic (exact) mass is 212 g/mol. The van der Waals surface area contributed by atoms with Crippen LogP contribution in [0, 0.1) is 0 Å². The summed E-state index contributed by atoms with van der Waals surface area (Å²) < 4.78 is 1.87. The first kappa shape index (κ1) is 9.64. The third kappa shape index (κ3) is 1.54. The van der Waals surface area contributed by atoms with Crippen LogP contribution in [0.15, 0.2) is 30.6 Å². The largest absolute Gasteiger partial charge is 0.275 e. The lowest BCUT2D eigenvalue weighted by Gasteiger charge is -2.18. The zero-order chi connectivity index (χ0) is 11.0. The Labute approximate surface area is 95.9 Å². The van der Waals surface area contributed by atoms with E-state index in [1.165, 1.54) is 42.4 Å². The quantitative estimate of drug-likeness (QED) is 0.710. The third-order valence-electron chi connectivity index (χ3n) is 3.41. The number of hydrogen-bond donors (Lipinski definition) is 0. The average molecular weight is 212 g/mol. The van der Waals surface area contributed by atoms with E-state index < -0.39 is 0 Å². The Kier molecular flexibility index (Phi) is 2.28. The predicted molar refractivity (Wildman–Crippen MR) is 65.3 cm³/mol. The minimum Gasteiger partial charge on any atom is -0.275 e. The first-order valence-corrected chi connectivity index (χ1v) is 5.94. The van der Waals surface area contributed by atoms with Gasteiger partial charge in [-0.25, -0.2) is 0 Å². The van der Waals surface area contributed by atoms with Crippen LogP contribution in [0.3, 0.4) is 0 Å². The summed E-state index contributed by atoms with van der Waals surface area (Å²) in [7, 11) is 1.97. The summed E-state index contributed by atoms with van der Waals surface area (Å²) in [6.07, 6.45) is 9.19. The number of fused-ring (bicyclic) bond motifs is 1. The van der Waals surface area contributed by atoms with Crippen molar-refractivity contribution in [3.8, 4) is 11.1 Å². The molecule has 0 bridgehead atoms. The molecule has 3 rings (SSSR count). The van der Waals surface area contributed by atoms with Crippen molar-refractivity contribution in [1.82, 2.24) is 9.78 Å². The topological polar surface area (TPSA) is 17.8 Å². The van der Waals surface area contributed by atoms with Gasteiger partial charge < -0.3 is 0 Å². The summed E-state index contributed by atoms with van der Waals surface area (Å²) in [4.78, 5) is 0. The maximum atomic E-state index is 4.26. The molecule has 0 saturated carbocycles. The second-order valence-corrected chi connectivity index (χ2v) is 4.55. The summed E-state index contributed by atoms with van der Waals surface area (Å²) in [5.74, 6) is 0. The molecule has 1 aliphatic carbocycles. The third-order valence-corrected chi connectivity index (χ3v) is 3.41. The highest BCUT2D eigenvalue weighted by atomic mass is 15.2. The molecule has 1 aromatic carbocycles. The van der Waals surface area contributed by atoms with Crippen LogP contribution < -0.4 is 0 Å². The summed E-state index contributed by atoms with van der Waals surface area (Å²) in [6.45, 7) is 0. The molecule has 1 aromatic heterocycles. The van der Waals surface area contributed by atoms with E-state index >= 15 is 0 Å². The molecule has 0 spiro atoms. The maximum absolute atomic E-state index is 4.26. The molecule has 0 unspecified atom stereocenters. The highest BCUT2D eigenvalue weighted by molar-refractivity contribution is 5.68. The van der Waals surface area contributed by atoms with Gasteiger partial charge in [0.2, 0.25) is 0 Å². The van der Waals surface area contributed by atoms with E-state index in [0.717, 1.165) is 0 Å². The molecule has 0 atom stereocenters. The van der Waals surface area contributed by atoms with Gasteiger partial charge in [-0.15, -0.1) is 0 Å². The molecule has 1 aliphatic rings. The SMILES string of the molecule is Cn1cc(-c2cccc3c2CCCC3)cn1. The normalized spacial score (nSPS) is 14.8. The first-order chi connectivity index (χ1) is 7.84. The van der Waals surface area contributed by atoms with Gasteiger partial charge in [0.05, 0.1) is 6.20 Å². The number of hydrogen-bond acceptors (Lipinski definition) is 1. The predicted octanol–water partition coefficient (Wildman–Crippen LogP) is 2.97. The van der Waals surface area contributed by atoms with Crippen LogP contribution in [0.5, 0.6) is 0 Å². The molecular formula is C14H16N2.